The minimum atomic E-state index is 0.898. The van der Waals surface area contributed by atoms with Gasteiger partial charge in [0.25, 0.3) is 0 Å². The molecule has 0 saturated carbocycles. The first-order chi connectivity index (χ1) is 23.8. The summed E-state index contributed by atoms with van der Waals surface area (Å²) < 4.78 is 9.17. The van der Waals surface area contributed by atoms with E-state index in [1.165, 1.54) is 21.5 Å². The molecule has 0 N–H and O–H groups in total. The van der Waals surface area contributed by atoms with Crippen LogP contribution in [0.2, 0.25) is 0 Å². The molecule has 0 fully saturated rings. The van der Waals surface area contributed by atoms with Crippen molar-refractivity contribution in [3.8, 4) is 39.3 Å². The Morgan fingerprint density at radius 3 is 1.69 bits per heavy atom. The second-order valence-corrected chi connectivity index (χ2v) is 12.3. The van der Waals surface area contributed by atoms with E-state index in [0.717, 1.165) is 72.3 Å². The Labute approximate surface area is 277 Å². The molecule has 0 atom stereocenters. The number of hydrogen-bond acceptors (Lipinski definition) is 2. The molecule has 0 radical (unpaired) electrons. The van der Waals surface area contributed by atoms with Crippen LogP contribution in [-0.4, -0.2) is 9.55 Å². The average Bonchev–Trinajstić information content (AvgIpc) is 3.73. The van der Waals surface area contributed by atoms with Gasteiger partial charge in [-0.3, -0.25) is 0 Å². The van der Waals surface area contributed by atoms with E-state index in [2.05, 4.69) is 156 Å². The summed E-state index contributed by atoms with van der Waals surface area (Å²) in [6.45, 7) is 0. The largest absolute Gasteiger partial charge is 0.454 e. The van der Waals surface area contributed by atoms with Gasteiger partial charge >= 0.3 is 0 Å². The highest BCUT2D eigenvalue weighted by Gasteiger charge is 2.23. The maximum absolute atomic E-state index is 6.78. The lowest BCUT2D eigenvalue weighted by Crippen LogP contribution is -1.96. The summed E-state index contributed by atoms with van der Waals surface area (Å²) in [4.78, 5) is 5.12. The van der Waals surface area contributed by atoms with E-state index < -0.39 is 0 Å². The number of furan rings is 1. The van der Waals surface area contributed by atoms with Crippen LogP contribution in [0.1, 0.15) is 0 Å². The number of nitrogens with zero attached hydrogens (tertiary/aromatic N) is 2. The summed E-state index contributed by atoms with van der Waals surface area (Å²) in [6.07, 6.45) is 0. The maximum atomic E-state index is 6.78. The zero-order valence-electron chi connectivity index (χ0n) is 26.0. The Kier molecular flexibility index (Phi) is 5.87. The number of hydrogen-bond donors (Lipinski definition) is 0. The first-order valence-corrected chi connectivity index (χ1v) is 16.3. The molecule has 0 unspecified atom stereocenters. The summed E-state index contributed by atoms with van der Waals surface area (Å²) >= 11 is 0. The molecule has 10 rings (SSSR count). The average molecular weight is 613 g/mol. The lowest BCUT2D eigenvalue weighted by Gasteiger charge is -2.13. The highest BCUT2D eigenvalue weighted by atomic mass is 16.3. The van der Waals surface area contributed by atoms with Crippen molar-refractivity contribution in [3.63, 3.8) is 0 Å². The second kappa shape index (κ2) is 10.5. The van der Waals surface area contributed by atoms with Gasteiger partial charge in [-0.05, 0) is 58.3 Å². The molecule has 3 aromatic heterocycles. The van der Waals surface area contributed by atoms with Gasteiger partial charge in [-0.1, -0.05) is 133 Å². The second-order valence-electron chi connectivity index (χ2n) is 12.3. The SMILES string of the molecule is c1ccc(-c2cc(-c3cccc(-n4c5ccccc5c5c6ccccc6c6c7ccccc7oc6c54)c3)cc(-c3ccccc3)n2)cc1. The standard InChI is InChI=1S/C45H28N2O/c1-3-14-29(15-4-1)38-27-32(28-39(46-38)30-16-5-2-6-17-30)31-18-13-19-33(26-31)47-40-24-11-9-22-36(40)42-34-20-7-8-21-35(34)43-37-23-10-12-25-41(37)48-45(43)44(42)47/h1-28H. The van der Waals surface area contributed by atoms with Crippen LogP contribution in [0.3, 0.4) is 0 Å². The van der Waals surface area contributed by atoms with Crippen LogP contribution in [-0.2, 0) is 0 Å². The fourth-order valence-electron chi connectivity index (χ4n) is 7.43. The van der Waals surface area contributed by atoms with E-state index in [1.54, 1.807) is 0 Å². The number of pyridine rings is 1. The molecule has 10 aromatic rings. The van der Waals surface area contributed by atoms with Crippen LogP contribution in [0, 0.1) is 0 Å². The summed E-state index contributed by atoms with van der Waals surface area (Å²) in [5.41, 5.74) is 11.4. The first kappa shape index (κ1) is 26.7. The Hall–Kier alpha value is -6.45. The van der Waals surface area contributed by atoms with E-state index in [1.807, 2.05) is 18.2 Å². The maximum Gasteiger partial charge on any atom is 0.160 e. The molecule has 0 bridgehead atoms. The van der Waals surface area contributed by atoms with Gasteiger partial charge < -0.3 is 8.98 Å². The zero-order valence-corrected chi connectivity index (χ0v) is 26.0. The lowest BCUT2D eigenvalue weighted by atomic mass is 9.98. The molecule has 224 valence electrons. The van der Waals surface area contributed by atoms with Crippen LogP contribution in [0.25, 0.3) is 93.8 Å². The van der Waals surface area contributed by atoms with Crippen LogP contribution in [0.4, 0.5) is 0 Å². The third-order valence-corrected chi connectivity index (χ3v) is 9.55. The Balaban J connectivity index is 1.28. The summed E-state index contributed by atoms with van der Waals surface area (Å²) in [5, 5.41) is 7.14. The van der Waals surface area contributed by atoms with Gasteiger partial charge in [-0.2, -0.15) is 0 Å². The molecule has 3 nitrogen and oxygen atoms in total. The number of rotatable bonds is 4. The third-order valence-electron chi connectivity index (χ3n) is 9.55. The highest BCUT2D eigenvalue weighted by molar-refractivity contribution is 6.35. The van der Waals surface area contributed by atoms with Crippen molar-refractivity contribution in [2.75, 3.05) is 0 Å². The van der Waals surface area contributed by atoms with Crippen LogP contribution in [0.15, 0.2) is 174 Å². The van der Waals surface area contributed by atoms with Gasteiger partial charge in [0, 0.05) is 38.4 Å². The summed E-state index contributed by atoms with van der Waals surface area (Å²) in [6, 6.07) is 60.0. The molecular formula is C45H28N2O. The molecule has 0 saturated heterocycles. The van der Waals surface area contributed by atoms with Gasteiger partial charge in [0.2, 0.25) is 0 Å². The predicted molar refractivity (Wildman–Crippen MR) is 200 cm³/mol. The number of benzene rings is 7. The van der Waals surface area contributed by atoms with Crippen molar-refractivity contribution < 1.29 is 4.42 Å². The van der Waals surface area contributed by atoms with Crippen molar-refractivity contribution in [2.24, 2.45) is 0 Å². The van der Waals surface area contributed by atoms with Crippen molar-refractivity contribution in [3.05, 3.63) is 170 Å². The van der Waals surface area contributed by atoms with Gasteiger partial charge in [0.05, 0.1) is 22.4 Å². The van der Waals surface area contributed by atoms with Crippen LogP contribution < -0.4 is 0 Å². The summed E-state index contributed by atoms with van der Waals surface area (Å²) in [5.74, 6) is 0. The topological polar surface area (TPSA) is 31.0 Å². The molecule has 7 aromatic carbocycles. The van der Waals surface area contributed by atoms with E-state index in [-0.39, 0.29) is 0 Å². The monoisotopic (exact) mass is 612 g/mol. The fraction of sp³-hybridized carbons (Fsp3) is 0. The molecule has 3 heteroatoms. The number of fused-ring (bicyclic) bond motifs is 10. The molecule has 3 heterocycles. The molecule has 0 aliphatic heterocycles. The molecule has 48 heavy (non-hydrogen) atoms. The normalized spacial score (nSPS) is 11.8. The minimum absolute atomic E-state index is 0.898. The van der Waals surface area contributed by atoms with Gasteiger partial charge in [0.1, 0.15) is 5.58 Å². The van der Waals surface area contributed by atoms with Crippen LogP contribution >= 0.6 is 0 Å². The summed E-state index contributed by atoms with van der Waals surface area (Å²) in [7, 11) is 0. The van der Waals surface area contributed by atoms with Gasteiger partial charge in [0.15, 0.2) is 5.58 Å². The molecule has 0 aliphatic carbocycles. The molecular weight excluding hydrogens is 585 g/mol. The Bertz CT molecular complexity index is 2770. The smallest absolute Gasteiger partial charge is 0.160 e. The van der Waals surface area contributed by atoms with E-state index in [4.69, 9.17) is 9.40 Å². The fourth-order valence-corrected chi connectivity index (χ4v) is 7.43. The molecule has 0 spiro atoms. The molecule has 0 amide bonds. The number of para-hydroxylation sites is 2. The van der Waals surface area contributed by atoms with Crippen LogP contribution in [0.5, 0.6) is 0 Å². The van der Waals surface area contributed by atoms with E-state index in [0.29, 0.717) is 0 Å². The Morgan fingerprint density at radius 2 is 0.979 bits per heavy atom. The van der Waals surface area contributed by atoms with E-state index in [9.17, 15) is 0 Å². The first-order valence-electron chi connectivity index (χ1n) is 16.3. The minimum Gasteiger partial charge on any atom is -0.454 e. The quantitative estimate of drug-likeness (QED) is 0.198. The lowest BCUT2D eigenvalue weighted by molar-refractivity contribution is 0.671. The molecule has 0 aliphatic rings. The van der Waals surface area contributed by atoms with Gasteiger partial charge in [-0.25, -0.2) is 4.98 Å². The highest BCUT2D eigenvalue weighted by Crippen LogP contribution is 2.45. The van der Waals surface area contributed by atoms with Crippen molar-refractivity contribution in [1.82, 2.24) is 9.55 Å². The van der Waals surface area contributed by atoms with E-state index >= 15 is 0 Å². The predicted octanol–water partition coefficient (Wildman–Crippen LogP) is 12.2. The van der Waals surface area contributed by atoms with Gasteiger partial charge in [-0.15, -0.1) is 0 Å². The zero-order chi connectivity index (χ0) is 31.6. The van der Waals surface area contributed by atoms with Crippen molar-refractivity contribution in [1.29, 1.82) is 0 Å². The number of aromatic nitrogens is 2. The van der Waals surface area contributed by atoms with Crippen molar-refractivity contribution >= 4 is 54.5 Å². The Morgan fingerprint density at radius 1 is 0.417 bits per heavy atom. The van der Waals surface area contributed by atoms with Crippen molar-refractivity contribution in [2.45, 2.75) is 0 Å². The third kappa shape index (κ3) is 4.04.